The zero-order chi connectivity index (χ0) is 19.8. The molecule has 1 saturated carbocycles. The lowest BCUT2D eigenvalue weighted by atomic mass is 9.89. The van der Waals surface area contributed by atoms with Crippen molar-refractivity contribution >= 4 is 34.5 Å². The first-order valence-electron chi connectivity index (χ1n) is 10.1. The molecule has 28 heavy (non-hydrogen) atoms. The molecule has 1 aliphatic rings. The van der Waals surface area contributed by atoms with Gasteiger partial charge in [-0.3, -0.25) is 4.79 Å². The van der Waals surface area contributed by atoms with Crippen LogP contribution in [-0.4, -0.2) is 58.2 Å². The average molecular weight is 407 g/mol. The summed E-state index contributed by atoms with van der Waals surface area (Å²) < 4.78 is 7.22. The lowest BCUT2D eigenvalue weighted by Gasteiger charge is -2.20. The van der Waals surface area contributed by atoms with Crippen molar-refractivity contribution in [2.24, 2.45) is 5.92 Å². The Labute approximate surface area is 170 Å². The third-order valence-corrected chi connectivity index (χ3v) is 5.55. The minimum atomic E-state index is 0.175. The number of thioether (sulfide) groups is 1. The molecule has 1 fully saturated rings. The van der Waals surface area contributed by atoms with Crippen molar-refractivity contribution in [2.75, 3.05) is 37.9 Å². The second-order valence-electron chi connectivity index (χ2n) is 6.91. The Balaban J connectivity index is 1.63. The summed E-state index contributed by atoms with van der Waals surface area (Å²) in [4.78, 5) is 21.5. The van der Waals surface area contributed by atoms with Crippen LogP contribution in [0.2, 0.25) is 0 Å². The molecular formula is C19H30N6O2S. The number of hydrogen-bond donors (Lipinski definition) is 2. The van der Waals surface area contributed by atoms with Crippen LogP contribution in [0.3, 0.4) is 0 Å². The molecule has 1 amide bonds. The molecule has 0 radical (unpaired) electrons. The molecule has 0 aromatic carbocycles. The molecule has 0 bridgehead atoms. The van der Waals surface area contributed by atoms with Gasteiger partial charge in [0.25, 0.3) is 0 Å². The topological polar surface area (TPSA) is 94.0 Å². The predicted molar refractivity (Wildman–Crippen MR) is 112 cm³/mol. The van der Waals surface area contributed by atoms with Crippen molar-refractivity contribution in [3.05, 3.63) is 6.20 Å². The maximum absolute atomic E-state index is 12.3. The molecule has 3 rings (SSSR count). The lowest BCUT2D eigenvalue weighted by molar-refractivity contribution is -0.125. The number of carbonyl (C=O) groups is 1. The Kier molecular flexibility index (Phi) is 7.90. The Bertz CT molecular complexity index is 775. The van der Waals surface area contributed by atoms with Crippen LogP contribution >= 0.6 is 11.8 Å². The summed E-state index contributed by atoms with van der Waals surface area (Å²) in [6.07, 6.45) is 9.34. The highest BCUT2D eigenvalue weighted by Gasteiger charge is 2.20. The summed E-state index contributed by atoms with van der Waals surface area (Å²) in [5.74, 6) is 1.12. The minimum Gasteiger partial charge on any atom is -0.380 e. The first-order chi connectivity index (χ1) is 13.7. The Hall–Kier alpha value is -1.87. The molecule has 0 unspecified atom stereocenters. The summed E-state index contributed by atoms with van der Waals surface area (Å²) in [5.41, 5.74) is 0.783. The van der Waals surface area contributed by atoms with Crippen LogP contribution < -0.4 is 10.6 Å². The van der Waals surface area contributed by atoms with Gasteiger partial charge in [-0.1, -0.05) is 31.0 Å². The molecule has 0 aliphatic heterocycles. The molecule has 1 aliphatic carbocycles. The van der Waals surface area contributed by atoms with Gasteiger partial charge in [0.05, 0.1) is 24.7 Å². The Morgan fingerprint density at radius 3 is 2.86 bits per heavy atom. The van der Waals surface area contributed by atoms with E-state index in [1.165, 1.54) is 18.2 Å². The van der Waals surface area contributed by atoms with Crippen molar-refractivity contribution in [3.63, 3.8) is 0 Å². The number of hydrogen-bond acceptors (Lipinski definition) is 7. The van der Waals surface area contributed by atoms with Gasteiger partial charge in [-0.05, 0) is 26.0 Å². The van der Waals surface area contributed by atoms with Crippen LogP contribution in [0.4, 0.5) is 5.82 Å². The van der Waals surface area contributed by atoms with Crippen LogP contribution in [-0.2, 0) is 16.1 Å². The number of ether oxygens (including phenoxy) is 1. The van der Waals surface area contributed by atoms with Crippen LogP contribution in [0.15, 0.2) is 11.4 Å². The molecule has 2 aromatic rings. The van der Waals surface area contributed by atoms with E-state index in [2.05, 4.69) is 25.7 Å². The highest BCUT2D eigenvalue weighted by Crippen LogP contribution is 2.24. The van der Waals surface area contributed by atoms with Gasteiger partial charge >= 0.3 is 0 Å². The Morgan fingerprint density at radius 1 is 1.29 bits per heavy atom. The van der Waals surface area contributed by atoms with E-state index >= 15 is 0 Å². The standard InChI is InChI=1S/C19H30N6O2S/c1-3-27-12-10-20-16-15-13-22-25(17(15)24-19(23-16)28-2)11-9-21-18(26)14-7-5-4-6-8-14/h13-14H,3-12H2,1-2H3,(H,21,26)(H,20,23,24). The molecule has 2 heterocycles. The van der Waals surface area contributed by atoms with E-state index in [4.69, 9.17) is 4.74 Å². The van der Waals surface area contributed by atoms with Crippen LogP contribution in [0, 0.1) is 5.92 Å². The molecule has 9 heteroatoms. The van der Waals surface area contributed by atoms with Gasteiger partial charge in [0, 0.05) is 25.6 Å². The fourth-order valence-corrected chi connectivity index (χ4v) is 3.87. The maximum Gasteiger partial charge on any atom is 0.223 e. The zero-order valence-electron chi connectivity index (χ0n) is 16.7. The Morgan fingerprint density at radius 2 is 2.11 bits per heavy atom. The molecule has 154 valence electrons. The lowest BCUT2D eigenvalue weighted by Crippen LogP contribution is -2.34. The van der Waals surface area contributed by atoms with Crippen LogP contribution in [0.1, 0.15) is 39.0 Å². The van der Waals surface area contributed by atoms with E-state index < -0.39 is 0 Å². The van der Waals surface area contributed by atoms with Crippen LogP contribution in [0.25, 0.3) is 11.0 Å². The van der Waals surface area contributed by atoms with E-state index in [-0.39, 0.29) is 11.8 Å². The number of amides is 1. The van der Waals surface area contributed by atoms with Gasteiger partial charge in [-0.15, -0.1) is 0 Å². The van der Waals surface area contributed by atoms with E-state index in [9.17, 15) is 4.79 Å². The number of nitrogens with zero attached hydrogens (tertiary/aromatic N) is 4. The third-order valence-electron chi connectivity index (χ3n) is 5.00. The monoisotopic (exact) mass is 406 g/mol. The SMILES string of the molecule is CCOCCNc1nc(SC)nc2c1cnn2CCNC(=O)C1CCCCC1. The fourth-order valence-electron chi connectivity index (χ4n) is 3.51. The molecule has 2 aromatic heterocycles. The summed E-state index contributed by atoms with van der Waals surface area (Å²) in [6, 6.07) is 0. The van der Waals surface area contributed by atoms with Gasteiger partial charge in [0.1, 0.15) is 5.82 Å². The average Bonchev–Trinajstić information content (AvgIpc) is 3.14. The minimum absolute atomic E-state index is 0.175. The van der Waals surface area contributed by atoms with E-state index in [1.54, 1.807) is 6.20 Å². The number of rotatable bonds is 10. The first kappa shape index (κ1) is 20.9. The van der Waals surface area contributed by atoms with Crippen molar-refractivity contribution in [1.82, 2.24) is 25.1 Å². The second kappa shape index (κ2) is 10.6. The zero-order valence-corrected chi connectivity index (χ0v) is 17.6. The number of anilines is 1. The molecule has 0 spiro atoms. The highest BCUT2D eigenvalue weighted by atomic mass is 32.2. The van der Waals surface area contributed by atoms with Crippen molar-refractivity contribution in [3.8, 4) is 0 Å². The van der Waals surface area contributed by atoms with Gasteiger partial charge < -0.3 is 15.4 Å². The van der Waals surface area contributed by atoms with E-state index in [0.717, 1.165) is 42.5 Å². The largest absolute Gasteiger partial charge is 0.380 e. The fraction of sp³-hybridized carbons (Fsp3) is 0.684. The van der Waals surface area contributed by atoms with Crippen molar-refractivity contribution in [1.29, 1.82) is 0 Å². The van der Waals surface area contributed by atoms with Crippen molar-refractivity contribution < 1.29 is 9.53 Å². The summed E-state index contributed by atoms with van der Waals surface area (Å²) >= 11 is 1.50. The van der Waals surface area contributed by atoms with Gasteiger partial charge in [-0.2, -0.15) is 5.10 Å². The smallest absolute Gasteiger partial charge is 0.223 e. The number of carbonyl (C=O) groups excluding carboxylic acids is 1. The number of fused-ring (bicyclic) bond motifs is 1. The third kappa shape index (κ3) is 5.35. The normalized spacial score (nSPS) is 15.1. The highest BCUT2D eigenvalue weighted by molar-refractivity contribution is 7.98. The first-order valence-corrected chi connectivity index (χ1v) is 11.3. The summed E-state index contributed by atoms with van der Waals surface area (Å²) in [6.45, 7) is 5.12. The van der Waals surface area contributed by atoms with Gasteiger partial charge in [0.2, 0.25) is 5.91 Å². The predicted octanol–water partition coefficient (Wildman–Crippen LogP) is 2.69. The van der Waals surface area contributed by atoms with Crippen LogP contribution in [0.5, 0.6) is 0 Å². The van der Waals surface area contributed by atoms with Gasteiger partial charge in [0.15, 0.2) is 10.8 Å². The number of aromatic nitrogens is 4. The molecule has 2 N–H and O–H groups in total. The molecular weight excluding hydrogens is 376 g/mol. The number of nitrogens with one attached hydrogen (secondary N) is 2. The van der Waals surface area contributed by atoms with E-state index in [1.807, 2.05) is 17.9 Å². The van der Waals surface area contributed by atoms with Crippen molar-refractivity contribution in [2.45, 2.75) is 50.7 Å². The van der Waals surface area contributed by atoms with E-state index in [0.29, 0.717) is 38.0 Å². The summed E-state index contributed by atoms with van der Waals surface area (Å²) in [5, 5.41) is 12.4. The second-order valence-corrected chi connectivity index (χ2v) is 7.69. The maximum atomic E-state index is 12.3. The molecule has 0 saturated heterocycles. The quantitative estimate of drug-likeness (QED) is 0.356. The molecule has 0 atom stereocenters. The summed E-state index contributed by atoms with van der Waals surface area (Å²) in [7, 11) is 0. The van der Waals surface area contributed by atoms with Gasteiger partial charge in [-0.25, -0.2) is 14.6 Å². The molecule has 8 nitrogen and oxygen atoms in total.